The second-order valence-corrected chi connectivity index (χ2v) is 6.92. The number of anilines is 2. The predicted octanol–water partition coefficient (Wildman–Crippen LogP) is 5.37. The molecule has 0 aliphatic carbocycles. The SMILES string of the molecule is COc1ccc(Nc2nnc3cc(-c4c(C)cccc4C)cc(C)c3n2)cc1. The zero-order valence-electron chi connectivity index (χ0n) is 16.4. The van der Waals surface area contributed by atoms with E-state index >= 15 is 0 Å². The molecule has 5 nitrogen and oxygen atoms in total. The van der Waals surface area contributed by atoms with Crippen LogP contribution >= 0.6 is 0 Å². The average molecular weight is 370 g/mol. The maximum atomic E-state index is 5.19. The standard InChI is InChI=1S/C23H22N4O/c1-14-6-5-7-15(2)21(14)17-12-16(3)22-20(13-17)26-27-23(25-22)24-18-8-10-19(28-4)11-9-18/h5-13H,1-4H3,(H,24,25,27). The zero-order chi connectivity index (χ0) is 19.7. The molecule has 0 aliphatic rings. The van der Waals surface area contributed by atoms with Gasteiger partial charge in [0.2, 0.25) is 5.95 Å². The molecule has 0 saturated carbocycles. The van der Waals surface area contributed by atoms with Crippen LogP contribution in [0.25, 0.3) is 22.2 Å². The van der Waals surface area contributed by atoms with E-state index in [-0.39, 0.29) is 0 Å². The van der Waals surface area contributed by atoms with Gasteiger partial charge in [0.1, 0.15) is 11.3 Å². The first-order valence-corrected chi connectivity index (χ1v) is 9.18. The normalized spacial score (nSPS) is 10.9. The second kappa shape index (κ2) is 7.27. The number of hydrogen-bond acceptors (Lipinski definition) is 5. The van der Waals surface area contributed by atoms with Gasteiger partial charge in [-0.1, -0.05) is 18.2 Å². The van der Waals surface area contributed by atoms with Crippen molar-refractivity contribution < 1.29 is 4.74 Å². The third-order valence-electron chi connectivity index (χ3n) is 4.87. The summed E-state index contributed by atoms with van der Waals surface area (Å²) in [5.74, 6) is 1.28. The largest absolute Gasteiger partial charge is 0.497 e. The van der Waals surface area contributed by atoms with Crippen molar-refractivity contribution in [2.45, 2.75) is 20.8 Å². The van der Waals surface area contributed by atoms with Gasteiger partial charge in [-0.2, -0.15) is 0 Å². The van der Waals surface area contributed by atoms with E-state index in [9.17, 15) is 0 Å². The van der Waals surface area contributed by atoms with E-state index in [1.807, 2.05) is 24.3 Å². The highest BCUT2D eigenvalue weighted by molar-refractivity contribution is 5.86. The molecular weight excluding hydrogens is 348 g/mol. The average Bonchev–Trinajstić information content (AvgIpc) is 2.69. The topological polar surface area (TPSA) is 59.9 Å². The molecule has 0 spiro atoms. The minimum atomic E-state index is 0.473. The molecule has 0 aliphatic heterocycles. The highest BCUT2D eigenvalue weighted by Crippen LogP contribution is 2.31. The Morgan fingerprint density at radius 3 is 2.21 bits per heavy atom. The van der Waals surface area contributed by atoms with Crippen LogP contribution in [0, 0.1) is 20.8 Å². The van der Waals surface area contributed by atoms with Crippen molar-refractivity contribution in [2.75, 3.05) is 12.4 Å². The minimum absolute atomic E-state index is 0.473. The summed E-state index contributed by atoms with van der Waals surface area (Å²) in [5, 5.41) is 11.9. The first kappa shape index (κ1) is 17.9. The number of benzene rings is 3. The fraction of sp³-hybridized carbons (Fsp3) is 0.174. The van der Waals surface area contributed by atoms with Crippen molar-refractivity contribution >= 4 is 22.7 Å². The van der Waals surface area contributed by atoms with E-state index in [1.54, 1.807) is 7.11 Å². The van der Waals surface area contributed by atoms with Crippen molar-refractivity contribution in [1.82, 2.24) is 15.2 Å². The molecule has 140 valence electrons. The summed E-state index contributed by atoms with van der Waals surface area (Å²) >= 11 is 0. The van der Waals surface area contributed by atoms with Gasteiger partial charge in [-0.05, 0) is 85.0 Å². The maximum Gasteiger partial charge on any atom is 0.247 e. The lowest BCUT2D eigenvalue weighted by molar-refractivity contribution is 0.415. The third-order valence-corrected chi connectivity index (χ3v) is 4.87. The molecule has 0 radical (unpaired) electrons. The smallest absolute Gasteiger partial charge is 0.247 e. The van der Waals surface area contributed by atoms with Crippen LogP contribution in [0.3, 0.4) is 0 Å². The van der Waals surface area contributed by atoms with Crippen LogP contribution < -0.4 is 10.1 Å². The first-order valence-electron chi connectivity index (χ1n) is 9.18. The number of hydrogen-bond donors (Lipinski definition) is 1. The van der Waals surface area contributed by atoms with Crippen molar-refractivity contribution in [3.63, 3.8) is 0 Å². The van der Waals surface area contributed by atoms with E-state index in [0.717, 1.165) is 33.6 Å². The number of aromatic nitrogens is 3. The Morgan fingerprint density at radius 2 is 1.54 bits per heavy atom. The molecule has 0 unspecified atom stereocenters. The van der Waals surface area contributed by atoms with Gasteiger partial charge in [0, 0.05) is 5.69 Å². The number of nitrogens with one attached hydrogen (secondary N) is 1. The van der Waals surface area contributed by atoms with E-state index in [1.165, 1.54) is 16.7 Å². The number of fused-ring (bicyclic) bond motifs is 1. The van der Waals surface area contributed by atoms with Crippen molar-refractivity contribution in [2.24, 2.45) is 0 Å². The Bertz CT molecular complexity index is 1130. The van der Waals surface area contributed by atoms with Crippen LogP contribution in [0.1, 0.15) is 16.7 Å². The van der Waals surface area contributed by atoms with Crippen LogP contribution in [0.15, 0.2) is 54.6 Å². The lowest BCUT2D eigenvalue weighted by Crippen LogP contribution is -2.01. The quantitative estimate of drug-likeness (QED) is 0.523. The Morgan fingerprint density at radius 1 is 0.821 bits per heavy atom. The van der Waals surface area contributed by atoms with Gasteiger partial charge < -0.3 is 10.1 Å². The first-order chi connectivity index (χ1) is 13.5. The molecule has 0 atom stereocenters. The summed E-state index contributed by atoms with van der Waals surface area (Å²) in [5.41, 5.74) is 8.48. The van der Waals surface area contributed by atoms with Crippen molar-refractivity contribution in [1.29, 1.82) is 0 Å². The van der Waals surface area contributed by atoms with E-state index in [2.05, 4.69) is 71.6 Å². The highest BCUT2D eigenvalue weighted by Gasteiger charge is 2.11. The molecule has 0 bridgehead atoms. The maximum absolute atomic E-state index is 5.19. The van der Waals surface area contributed by atoms with E-state index in [4.69, 9.17) is 4.74 Å². The summed E-state index contributed by atoms with van der Waals surface area (Å²) in [6.07, 6.45) is 0. The van der Waals surface area contributed by atoms with Crippen LogP contribution in [-0.4, -0.2) is 22.3 Å². The third kappa shape index (κ3) is 3.39. The molecule has 1 aromatic heterocycles. The van der Waals surface area contributed by atoms with Crippen molar-refractivity contribution in [3.05, 3.63) is 71.3 Å². The number of ether oxygens (including phenoxy) is 1. The fourth-order valence-corrected chi connectivity index (χ4v) is 3.48. The Hall–Kier alpha value is -3.47. The summed E-state index contributed by atoms with van der Waals surface area (Å²) < 4.78 is 5.19. The Labute approximate surface area is 164 Å². The lowest BCUT2D eigenvalue weighted by Gasteiger charge is -2.12. The lowest BCUT2D eigenvalue weighted by atomic mass is 9.94. The van der Waals surface area contributed by atoms with Gasteiger partial charge in [0.25, 0.3) is 0 Å². The van der Waals surface area contributed by atoms with E-state index < -0.39 is 0 Å². The van der Waals surface area contributed by atoms with Crippen LogP contribution in [0.2, 0.25) is 0 Å². The zero-order valence-corrected chi connectivity index (χ0v) is 16.4. The van der Waals surface area contributed by atoms with Crippen molar-refractivity contribution in [3.8, 4) is 16.9 Å². The summed E-state index contributed by atoms with van der Waals surface area (Å²) in [7, 11) is 1.65. The Balaban J connectivity index is 1.71. The van der Waals surface area contributed by atoms with Gasteiger partial charge in [-0.3, -0.25) is 0 Å². The Kier molecular flexibility index (Phi) is 4.65. The van der Waals surface area contributed by atoms with Crippen LogP contribution in [0.4, 0.5) is 11.6 Å². The molecule has 0 fully saturated rings. The van der Waals surface area contributed by atoms with Gasteiger partial charge in [-0.25, -0.2) is 4.98 Å². The summed E-state index contributed by atoms with van der Waals surface area (Å²) in [6.45, 7) is 6.33. The molecule has 4 aromatic rings. The number of nitrogens with zero attached hydrogens (tertiary/aromatic N) is 3. The molecule has 28 heavy (non-hydrogen) atoms. The number of aryl methyl sites for hydroxylation is 3. The van der Waals surface area contributed by atoms with Gasteiger partial charge in [0.05, 0.1) is 12.6 Å². The molecule has 3 aromatic carbocycles. The molecule has 0 saturated heterocycles. The number of methoxy groups -OCH3 is 1. The predicted molar refractivity (Wildman–Crippen MR) is 113 cm³/mol. The second-order valence-electron chi connectivity index (χ2n) is 6.92. The monoisotopic (exact) mass is 370 g/mol. The fourth-order valence-electron chi connectivity index (χ4n) is 3.48. The molecule has 4 rings (SSSR count). The van der Waals surface area contributed by atoms with E-state index in [0.29, 0.717) is 5.95 Å². The molecule has 0 amide bonds. The van der Waals surface area contributed by atoms with Crippen LogP contribution in [-0.2, 0) is 0 Å². The molecule has 5 heteroatoms. The van der Waals surface area contributed by atoms with Gasteiger partial charge >= 0.3 is 0 Å². The molecule has 1 N–H and O–H groups in total. The van der Waals surface area contributed by atoms with Crippen LogP contribution in [0.5, 0.6) is 5.75 Å². The summed E-state index contributed by atoms with van der Waals surface area (Å²) in [6, 6.07) is 18.2. The molecule has 1 heterocycles. The van der Waals surface area contributed by atoms with Gasteiger partial charge in [-0.15, -0.1) is 10.2 Å². The van der Waals surface area contributed by atoms with Gasteiger partial charge in [0.15, 0.2) is 0 Å². The number of rotatable bonds is 4. The molecular formula is C23H22N4O. The highest BCUT2D eigenvalue weighted by atomic mass is 16.5. The summed E-state index contributed by atoms with van der Waals surface area (Å²) in [4.78, 5) is 4.68. The minimum Gasteiger partial charge on any atom is -0.497 e.